The average Bonchev–Trinajstić information content (AvgIpc) is 3.21. The molecule has 1 aliphatic carbocycles. The molecule has 102 valence electrons. The largest absolute Gasteiger partial charge is 0.380 e. The van der Waals surface area contributed by atoms with Gasteiger partial charge in [0, 0.05) is 18.2 Å². The average molecular weight is 262 g/mol. The minimum absolute atomic E-state index is 0.0132. The molecule has 1 unspecified atom stereocenters. The molecule has 1 amide bonds. The van der Waals surface area contributed by atoms with Crippen LogP contribution >= 0.6 is 0 Å². The van der Waals surface area contributed by atoms with E-state index >= 15 is 0 Å². The van der Waals surface area contributed by atoms with Crippen LogP contribution in [0.2, 0.25) is 0 Å². The highest BCUT2D eigenvalue weighted by Crippen LogP contribution is 2.37. The molecule has 1 atom stereocenters. The molecular weight excluding hydrogens is 243 g/mol. The summed E-state index contributed by atoms with van der Waals surface area (Å²) >= 11 is 0. The van der Waals surface area contributed by atoms with E-state index in [-0.39, 0.29) is 11.7 Å². The lowest BCUT2D eigenvalue weighted by atomic mass is 10.0. The third-order valence-electron chi connectivity index (χ3n) is 4.06. The van der Waals surface area contributed by atoms with Crippen LogP contribution in [0, 0.1) is 11.7 Å². The Hall–Kier alpha value is -1.58. The number of halogens is 1. The molecule has 1 aromatic rings. The van der Waals surface area contributed by atoms with Gasteiger partial charge in [-0.25, -0.2) is 4.39 Å². The fourth-order valence-electron chi connectivity index (χ4n) is 2.76. The van der Waals surface area contributed by atoms with Crippen molar-refractivity contribution in [2.75, 3.05) is 10.6 Å². The lowest BCUT2D eigenvalue weighted by molar-refractivity contribution is -0.116. The second kappa shape index (κ2) is 4.83. The predicted molar refractivity (Wildman–Crippen MR) is 73.8 cm³/mol. The van der Waals surface area contributed by atoms with Crippen LogP contribution in [-0.2, 0) is 11.2 Å². The van der Waals surface area contributed by atoms with Gasteiger partial charge in [0.05, 0.1) is 5.69 Å². The van der Waals surface area contributed by atoms with Crippen LogP contribution in [-0.4, -0.2) is 11.9 Å². The number of benzene rings is 1. The number of carbonyl (C=O) groups excluding carboxylic acids is 1. The van der Waals surface area contributed by atoms with Gasteiger partial charge < -0.3 is 10.6 Å². The summed E-state index contributed by atoms with van der Waals surface area (Å²) in [6.07, 6.45) is 4.52. The summed E-state index contributed by atoms with van der Waals surface area (Å²) in [6.45, 7) is 2.12. The molecule has 2 aliphatic rings. The first-order chi connectivity index (χ1) is 9.17. The minimum Gasteiger partial charge on any atom is -0.380 e. The molecule has 0 bridgehead atoms. The van der Waals surface area contributed by atoms with Crippen molar-refractivity contribution in [1.82, 2.24) is 0 Å². The quantitative estimate of drug-likeness (QED) is 0.874. The molecule has 0 spiro atoms. The van der Waals surface area contributed by atoms with Crippen molar-refractivity contribution >= 4 is 17.3 Å². The number of rotatable bonds is 4. The van der Waals surface area contributed by atoms with E-state index in [2.05, 4.69) is 17.6 Å². The first-order valence-electron chi connectivity index (χ1n) is 7.06. The first-order valence-corrected chi connectivity index (χ1v) is 7.06. The standard InChI is InChI=1S/C15H19FN2O/c1-2-12(9-3-4-9)17-14-8-13-10(7-11(14)16)5-6-15(19)18-13/h7-9,12,17H,2-6H2,1H3,(H,18,19). The Kier molecular flexibility index (Phi) is 3.17. The number of nitrogens with one attached hydrogen (secondary N) is 2. The molecule has 3 rings (SSSR count). The van der Waals surface area contributed by atoms with Gasteiger partial charge in [-0.2, -0.15) is 0 Å². The van der Waals surface area contributed by atoms with Gasteiger partial charge in [-0.15, -0.1) is 0 Å². The van der Waals surface area contributed by atoms with E-state index in [4.69, 9.17) is 0 Å². The smallest absolute Gasteiger partial charge is 0.224 e. The molecule has 1 aliphatic heterocycles. The highest BCUT2D eigenvalue weighted by atomic mass is 19.1. The Labute approximate surface area is 112 Å². The Bertz CT molecular complexity index is 511. The van der Waals surface area contributed by atoms with Crippen LogP contribution in [0.25, 0.3) is 0 Å². The van der Waals surface area contributed by atoms with Gasteiger partial charge in [-0.3, -0.25) is 4.79 Å². The van der Waals surface area contributed by atoms with Crippen molar-refractivity contribution in [1.29, 1.82) is 0 Å². The molecule has 4 heteroatoms. The van der Waals surface area contributed by atoms with Crippen LogP contribution in [0.5, 0.6) is 0 Å². The highest BCUT2D eigenvalue weighted by molar-refractivity contribution is 5.94. The predicted octanol–water partition coefficient (Wildman–Crippen LogP) is 3.31. The maximum atomic E-state index is 14.1. The zero-order valence-electron chi connectivity index (χ0n) is 11.1. The molecule has 0 radical (unpaired) electrons. The molecule has 19 heavy (non-hydrogen) atoms. The van der Waals surface area contributed by atoms with Crippen molar-refractivity contribution in [3.8, 4) is 0 Å². The van der Waals surface area contributed by atoms with Gasteiger partial charge in [0.15, 0.2) is 0 Å². The third kappa shape index (κ3) is 2.57. The number of hydrogen-bond donors (Lipinski definition) is 2. The molecular formula is C15H19FN2O. The van der Waals surface area contributed by atoms with Gasteiger partial charge in [0.1, 0.15) is 5.82 Å². The lowest BCUT2D eigenvalue weighted by Gasteiger charge is -2.22. The Balaban J connectivity index is 1.84. The van der Waals surface area contributed by atoms with Gasteiger partial charge in [0.25, 0.3) is 0 Å². The highest BCUT2D eigenvalue weighted by Gasteiger charge is 2.30. The van der Waals surface area contributed by atoms with Crippen molar-refractivity contribution < 1.29 is 9.18 Å². The van der Waals surface area contributed by atoms with Crippen molar-refractivity contribution in [3.05, 3.63) is 23.5 Å². The summed E-state index contributed by atoms with van der Waals surface area (Å²) in [4.78, 5) is 11.4. The Morgan fingerprint density at radius 2 is 2.21 bits per heavy atom. The SMILES string of the molecule is CCC(Nc1cc2c(cc1F)CCC(=O)N2)C1CC1. The van der Waals surface area contributed by atoms with E-state index in [1.807, 2.05) is 0 Å². The zero-order chi connectivity index (χ0) is 13.4. The second-order valence-corrected chi connectivity index (χ2v) is 5.53. The zero-order valence-corrected chi connectivity index (χ0v) is 11.1. The fraction of sp³-hybridized carbons (Fsp3) is 0.533. The normalized spacial score (nSPS) is 19.6. The van der Waals surface area contributed by atoms with E-state index in [1.54, 1.807) is 12.1 Å². The molecule has 1 heterocycles. The fourth-order valence-corrected chi connectivity index (χ4v) is 2.76. The molecule has 0 aromatic heterocycles. The van der Waals surface area contributed by atoms with Crippen molar-refractivity contribution in [3.63, 3.8) is 0 Å². The third-order valence-corrected chi connectivity index (χ3v) is 4.06. The van der Waals surface area contributed by atoms with Crippen molar-refractivity contribution in [2.45, 2.75) is 45.1 Å². The molecule has 1 fully saturated rings. The van der Waals surface area contributed by atoms with Gasteiger partial charge in [0.2, 0.25) is 5.91 Å². The molecule has 0 saturated heterocycles. The molecule has 2 N–H and O–H groups in total. The second-order valence-electron chi connectivity index (χ2n) is 5.53. The Morgan fingerprint density at radius 1 is 1.42 bits per heavy atom. The van der Waals surface area contributed by atoms with Crippen LogP contribution < -0.4 is 10.6 Å². The van der Waals surface area contributed by atoms with Crippen molar-refractivity contribution in [2.24, 2.45) is 5.92 Å². The van der Waals surface area contributed by atoms with Gasteiger partial charge >= 0.3 is 0 Å². The number of hydrogen-bond acceptors (Lipinski definition) is 2. The number of aryl methyl sites for hydroxylation is 1. The topological polar surface area (TPSA) is 41.1 Å². The minimum atomic E-state index is -0.214. The Morgan fingerprint density at radius 3 is 2.89 bits per heavy atom. The molecule has 1 aromatic carbocycles. The first kappa shape index (κ1) is 12.5. The van der Waals surface area contributed by atoms with E-state index in [1.165, 1.54) is 12.8 Å². The van der Waals surface area contributed by atoms with E-state index in [0.29, 0.717) is 30.5 Å². The number of fused-ring (bicyclic) bond motifs is 1. The summed E-state index contributed by atoms with van der Waals surface area (Å²) in [5, 5.41) is 6.12. The maximum absolute atomic E-state index is 14.1. The van der Waals surface area contributed by atoms with Crippen LogP contribution in [0.3, 0.4) is 0 Å². The van der Waals surface area contributed by atoms with Crippen LogP contribution in [0.15, 0.2) is 12.1 Å². The summed E-state index contributed by atoms with van der Waals surface area (Å²) in [7, 11) is 0. The number of amides is 1. The van der Waals surface area contributed by atoms with E-state index < -0.39 is 0 Å². The number of carbonyl (C=O) groups is 1. The summed E-state index contributed by atoms with van der Waals surface area (Å²) in [6, 6.07) is 3.63. The van der Waals surface area contributed by atoms with E-state index in [9.17, 15) is 9.18 Å². The molecule has 1 saturated carbocycles. The molecule has 3 nitrogen and oxygen atoms in total. The van der Waals surface area contributed by atoms with E-state index in [0.717, 1.165) is 17.7 Å². The summed E-state index contributed by atoms with van der Waals surface area (Å²) in [5.74, 6) is 0.475. The monoisotopic (exact) mass is 262 g/mol. The van der Waals surface area contributed by atoms with Crippen LogP contribution in [0.4, 0.5) is 15.8 Å². The number of anilines is 2. The van der Waals surface area contributed by atoms with Gasteiger partial charge in [-0.05, 0) is 49.3 Å². The van der Waals surface area contributed by atoms with Crippen LogP contribution in [0.1, 0.15) is 38.2 Å². The lowest BCUT2D eigenvalue weighted by Crippen LogP contribution is -2.23. The summed E-state index contributed by atoms with van der Waals surface area (Å²) in [5.41, 5.74) is 2.16. The summed E-state index contributed by atoms with van der Waals surface area (Å²) < 4.78 is 14.1. The van der Waals surface area contributed by atoms with Gasteiger partial charge in [-0.1, -0.05) is 6.92 Å². The maximum Gasteiger partial charge on any atom is 0.224 e.